The molecule has 0 spiro atoms. The van der Waals surface area contributed by atoms with E-state index < -0.39 is 22.3 Å². The van der Waals surface area contributed by atoms with Gasteiger partial charge in [0.25, 0.3) is 5.91 Å². The third kappa shape index (κ3) is 4.31. The van der Waals surface area contributed by atoms with Crippen LogP contribution in [-0.2, 0) is 0 Å². The van der Waals surface area contributed by atoms with Gasteiger partial charge in [-0.05, 0) is 31.5 Å². The number of nitro benzene ring substituents is 1. The fraction of sp³-hybridized carbons (Fsp3) is 0.176. The van der Waals surface area contributed by atoms with Gasteiger partial charge in [0, 0.05) is 17.2 Å². The zero-order chi connectivity index (χ0) is 18.4. The Morgan fingerprint density at radius 2 is 2.12 bits per heavy atom. The Balaban J connectivity index is 2.21. The van der Waals surface area contributed by atoms with Crippen molar-refractivity contribution < 1.29 is 19.6 Å². The number of phenols is 1. The van der Waals surface area contributed by atoms with Gasteiger partial charge in [-0.3, -0.25) is 14.9 Å². The minimum atomic E-state index is -0.721. The Hall–Kier alpha value is -3.42. The Morgan fingerprint density at radius 1 is 1.40 bits per heavy atom. The van der Waals surface area contributed by atoms with E-state index in [1.165, 1.54) is 12.3 Å². The molecule has 130 valence electrons. The number of aromatic hydroxyl groups is 1. The number of benzene rings is 2. The van der Waals surface area contributed by atoms with Gasteiger partial charge in [0.2, 0.25) is 5.75 Å². The summed E-state index contributed by atoms with van der Waals surface area (Å²) in [5, 5.41) is 24.6. The monoisotopic (exact) mass is 343 g/mol. The van der Waals surface area contributed by atoms with Gasteiger partial charge in [0.05, 0.1) is 17.7 Å². The number of aryl methyl sites for hydroxylation is 1. The van der Waals surface area contributed by atoms with E-state index in [4.69, 9.17) is 4.74 Å². The maximum atomic E-state index is 12.1. The van der Waals surface area contributed by atoms with Gasteiger partial charge in [0.1, 0.15) is 0 Å². The van der Waals surface area contributed by atoms with Gasteiger partial charge in [-0.25, -0.2) is 5.43 Å². The van der Waals surface area contributed by atoms with Crippen molar-refractivity contribution in [2.75, 3.05) is 6.61 Å². The molecule has 0 radical (unpaired) electrons. The molecule has 0 aliphatic rings. The molecule has 8 heteroatoms. The lowest BCUT2D eigenvalue weighted by molar-refractivity contribution is -0.386. The van der Waals surface area contributed by atoms with Crippen molar-refractivity contribution in [3.8, 4) is 11.5 Å². The van der Waals surface area contributed by atoms with Crippen molar-refractivity contribution in [1.82, 2.24) is 5.43 Å². The van der Waals surface area contributed by atoms with E-state index in [9.17, 15) is 20.0 Å². The van der Waals surface area contributed by atoms with Gasteiger partial charge in [-0.2, -0.15) is 5.10 Å². The van der Waals surface area contributed by atoms with Gasteiger partial charge in [-0.15, -0.1) is 0 Å². The molecule has 8 nitrogen and oxygen atoms in total. The van der Waals surface area contributed by atoms with Crippen LogP contribution in [-0.4, -0.2) is 28.8 Å². The molecule has 2 aromatic carbocycles. The van der Waals surface area contributed by atoms with E-state index in [-0.39, 0.29) is 12.4 Å². The lowest BCUT2D eigenvalue weighted by Crippen LogP contribution is -2.18. The zero-order valence-corrected chi connectivity index (χ0v) is 13.7. The number of phenolic OH excluding ortho intramolecular Hbond substituents is 1. The summed E-state index contributed by atoms with van der Waals surface area (Å²) in [7, 11) is 0. The summed E-state index contributed by atoms with van der Waals surface area (Å²) >= 11 is 0. The fourth-order valence-electron chi connectivity index (χ4n) is 2.15. The number of nitro groups is 1. The van der Waals surface area contributed by atoms with Crippen molar-refractivity contribution in [2.45, 2.75) is 13.8 Å². The predicted molar refractivity (Wildman–Crippen MR) is 92.2 cm³/mol. The molecule has 0 saturated carbocycles. The van der Waals surface area contributed by atoms with E-state index in [2.05, 4.69) is 10.5 Å². The largest absolute Gasteiger partial charge is 0.500 e. The summed E-state index contributed by atoms with van der Waals surface area (Å²) < 4.78 is 5.18. The third-order valence-corrected chi connectivity index (χ3v) is 3.34. The molecule has 0 fully saturated rings. The maximum absolute atomic E-state index is 12.1. The smallest absolute Gasteiger partial charge is 0.315 e. The van der Waals surface area contributed by atoms with Crippen LogP contribution in [0.3, 0.4) is 0 Å². The molecule has 0 aliphatic heterocycles. The molecule has 0 saturated heterocycles. The lowest BCUT2D eigenvalue weighted by atomic mass is 10.1. The second kappa shape index (κ2) is 7.91. The number of nitrogens with one attached hydrogen (secondary N) is 1. The number of hydrogen-bond donors (Lipinski definition) is 2. The van der Waals surface area contributed by atoms with Crippen LogP contribution in [0.25, 0.3) is 0 Å². The molecule has 2 N–H and O–H groups in total. The van der Waals surface area contributed by atoms with Crippen LogP contribution in [0, 0.1) is 17.0 Å². The van der Waals surface area contributed by atoms with E-state index in [1.54, 1.807) is 32.0 Å². The number of hydrazone groups is 1. The molecule has 1 amide bonds. The second-order valence-corrected chi connectivity index (χ2v) is 5.09. The van der Waals surface area contributed by atoms with Crippen molar-refractivity contribution in [1.29, 1.82) is 0 Å². The molecular formula is C17H17N3O5. The van der Waals surface area contributed by atoms with Crippen LogP contribution in [0.5, 0.6) is 11.5 Å². The van der Waals surface area contributed by atoms with E-state index in [1.807, 2.05) is 6.07 Å². The number of carbonyl (C=O) groups is 1. The van der Waals surface area contributed by atoms with Gasteiger partial charge in [0.15, 0.2) is 5.75 Å². The average molecular weight is 343 g/mol. The first-order valence-corrected chi connectivity index (χ1v) is 7.47. The highest BCUT2D eigenvalue weighted by molar-refractivity contribution is 5.96. The van der Waals surface area contributed by atoms with Crippen LogP contribution in [0.4, 0.5) is 5.69 Å². The number of nitrogens with zero attached hydrogens (tertiary/aromatic N) is 2. The minimum absolute atomic E-state index is 0.0246. The predicted octanol–water partition coefficient (Wildman–Crippen LogP) is 2.77. The van der Waals surface area contributed by atoms with Gasteiger partial charge >= 0.3 is 5.69 Å². The second-order valence-electron chi connectivity index (χ2n) is 5.09. The Labute approximate surface area is 143 Å². The highest BCUT2D eigenvalue weighted by atomic mass is 16.6. The number of amides is 1. The van der Waals surface area contributed by atoms with Crippen LogP contribution in [0.1, 0.15) is 28.4 Å². The first-order valence-electron chi connectivity index (χ1n) is 7.47. The van der Waals surface area contributed by atoms with Crippen LogP contribution in [0.2, 0.25) is 0 Å². The highest BCUT2D eigenvalue weighted by Crippen LogP contribution is 2.36. The van der Waals surface area contributed by atoms with E-state index >= 15 is 0 Å². The van der Waals surface area contributed by atoms with Crippen LogP contribution >= 0.6 is 0 Å². The number of carbonyl (C=O) groups excluding carboxylic acids is 1. The van der Waals surface area contributed by atoms with Crippen molar-refractivity contribution in [3.05, 3.63) is 63.2 Å². The molecule has 0 aliphatic carbocycles. The summed E-state index contributed by atoms with van der Waals surface area (Å²) in [6.45, 7) is 3.72. The number of ether oxygens (including phenoxy) is 1. The Bertz CT molecular complexity index is 833. The topological polar surface area (TPSA) is 114 Å². The number of hydrogen-bond acceptors (Lipinski definition) is 6. The maximum Gasteiger partial charge on any atom is 0.315 e. The standard InChI is InChI=1S/C17H17N3O5/c1-3-25-15-9-12(8-14(16(15)21)20(23)24)10-18-19-17(22)13-7-5-4-6-11(13)2/h4-10,21H,3H2,1-2H3,(H,19,22)/b18-10-. The van der Waals surface area contributed by atoms with Crippen molar-refractivity contribution in [3.63, 3.8) is 0 Å². The molecule has 0 unspecified atom stereocenters. The average Bonchev–Trinajstić information content (AvgIpc) is 2.57. The van der Waals surface area contributed by atoms with Crippen LogP contribution < -0.4 is 10.2 Å². The Morgan fingerprint density at radius 3 is 2.76 bits per heavy atom. The minimum Gasteiger partial charge on any atom is -0.500 e. The van der Waals surface area contributed by atoms with E-state index in [0.717, 1.165) is 11.6 Å². The SMILES string of the molecule is CCOc1cc(/C=N\NC(=O)c2ccccc2C)cc([N+](=O)[O-])c1O. The first kappa shape index (κ1) is 17.9. The molecule has 0 heterocycles. The van der Waals surface area contributed by atoms with Gasteiger partial charge in [-0.1, -0.05) is 18.2 Å². The zero-order valence-electron chi connectivity index (χ0n) is 13.7. The van der Waals surface area contributed by atoms with Gasteiger partial charge < -0.3 is 9.84 Å². The highest BCUT2D eigenvalue weighted by Gasteiger charge is 2.19. The first-order chi connectivity index (χ1) is 11.9. The summed E-state index contributed by atoms with van der Waals surface area (Å²) in [6.07, 6.45) is 1.24. The van der Waals surface area contributed by atoms with E-state index in [0.29, 0.717) is 11.1 Å². The fourth-order valence-corrected chi connectivity index (χ4v) is 2.15. The molecule has 2 rings (SSSR count). The molecule has 0 atom stereocenters. The van der Waals surface area contributed by atoms with Crippen molar-refractivity contribution >= 4 is 17.8 Å². The van der Waals surface area contributed by atoms with Crippen LogP contribution in [0.15, 0.2) is 41.5 Å². The quantitative estimate of drug-likeness (QED) is 0.475. The molecule has 2 aromatic rings. The summed E-state index contributed by atoms with van der Waals surface area (Å²) in [5.74, 6) is -0.969. The molecule has 0 bridgehead atoms. The third-order valence-electron chi connectivity index (χ3n) is 3.34. The lowest BCUT2D eigenvalue weighted by Gasteiger charge is -2.07. The Kier molecular flexibility index (Phi) is 5.67. The molecular weight excluding hydrogens is 326 g/mol. The molecule has 25 heavy (non-hydrogen) atoms. The molecule has 0 aromatic heterocycles. The summed E-state index contributed by atoms with van der Waals surface area (Å²) in [4.78, 5) is 22.3. The van der Waals surface area contributed by atoms with Crippen molar-refractivity contribution in [2.24, 2.45) is 5.10 Å². The number of rotatable bonds is 6. The normalized spacial score (nSPS) is 10.6. The summed E-state index contributed by atoms with van der Waals surface area (Å²) in [5.41, 5.74) is 3.44. The summed E-state index contributed by atoms with van der Waals surface area (Å²) in [6, 6.07) is 9.56.